The standard InChI is InChI=1S/C28H30N4O5/c1-27(11-9-24(33)34)20-15-28(17-36-25(20)19-7-2-3-8-23(19)37-27)10-5-13-32(28)26(35)22-14-21(30-31-22)18-6-4-12-29-16-18/h2-4,6-8,12,14,16,20,25H,5,9-11,13,15,17H2,1H3,(H,30,31)(H,33,34)/t20-,25+,27+,28+/m1/s1. The van der Waals surface area contributed by atoms with Gasteiger partial charge in [-0.1, -0.05) is 18.2 Å². The SMILES string of the molecule is C[C@@]1(CCC(=O)O)Oc2ccccc2[C@@H]2OC[C@]3(CCCN3C(=O)c3cc(-c4cccnc4)n[nH]3)C[C@H]21. The van der Waals surface area contributed by atoms with Gasteiger partial charge in [0.15, 0.2) is 0 Å². The summed E-state index contributed by atoms with van der Waals surface area (Å²) in [5.41, 5.74) is 1.71. The number of ether oxygens (including phenoxy) is 2. The molecule has 3 aromatic rings. The third-order valence-electron chi connectivity index (χ3n) is 8.29. The van der Waals surface area contributed by atoms with Gasteiger partial charge in [0.2, 0.25) is 0 Å². The molecule has 2 N–H and O–H groups in total. The maximum atomic E-state index is 13.8. The fraction of sp³-hybridized carbons (Fsp3) is 0.429. The van der Waals surface area contributed by atoms with Gasteiger partial charge in [-0.05, 0) is 56.9 Å². The summed E-state index contributed by atoms with van der Waals surface area (Å²) in [6.07, 6.45) is 5.94. The first-order chi connectivity index (χ1) is 17.9. The van der Waals surface area contributed by atoms with Crippen molar-refractivity contribution in [3.05, 3.63) is 66.1 Å². The molecule has 6 rings (SSSR count). The van der Waals surface area contributed by atoms with E-state index >= 15 is 0 Å². The van der Waals surface area contributed by atoms with Crippen molar-refractivity contribution in [3.63, 3.8) is 0 Å². The van der Waals surface area contributed by atoms with Gasteiger partial charge in [0.05, 0.1) is 23.9 Å². The molecule has 1 spiro atoms. The molecule has 37 heavy (non-hydrogen) atoms. The lowest BCUT2D eigenvalue weighted by atomic mass is 9.68. The summed E-state index contributed by atoms with van der Waals surface area (Å²) in [6, 6.07) is 13.3. The quantitative estimate of drug-likeness (QED) is 0.536. The number of fused-ring (bicyclic) bond motifs is 3. The zero-order valence-corrected chi connectivity index (χ0v) is 20.7. The van der Waals surface area contributed by atoms with Crippen LogP contribution in [0.2, 0.25) is 0 Å². The number of carboxylic acid groups (broad SMARTS) is 1. The number of benzene rings is 1. The van der Waals surface area contributed by atoms with E-state index in [4.69, 9.17) is 9.47 Å². The summed E-state index contributed by atoms with van der Waals surface area (Å²) in [4.78, 5) is 31.3. The normalized spacial score (nSPS) is 28.4. The van der Waals surface area contributed by atoms with Crippen LogP contribution in [-0.2, 0) is 9.53 Å². The monoisotopic (exact) mass is 502 g/mol. The molecule has 2 fully saturated rings. The van der Waals surface area contributed by atoms with Crippen LogP contribution in [0.25, 0.3) is 11.3 Å². The van der Waals surface area contributed by atoms with Crippen LogP contribution in [0.15, 0.2) is 54.9 Å². The Morgan fingerprint density at radius 1 is 1.24 bits per heavy atom. The lowest BCUT2D eigenvalue weighted by Crippen LogP contribution is -2.60. The molecule has 1 amide bonds. The fourth-order valence-corrected chi connectivity index (χ4v) is 6.36. The van der Waals surface area contributed by atoms with Crippen molar-refractivity contribution in [1.29, 1.82) is 0 Å². The third-order valence-corrected chi connectivity index (χ3v) is 8.29. The maximum Gasteiger partial charge on any atom is 0.303 e. The van der Waals surface area contributed by atoms with E-state index < -0.39 is 17.1 Å². The molecular formula is C28H30N4O5. The van der Waals surface area contributed by atoms with E-state index in [0.717, 1.165) is 29.7 Å². The van der Waals surface area contributed by atoms with Crippen molar-refractivity contribution in [2.24, 2.45) is 5.92 Å². The zero-order chi connectivity index (χ0) is 25.6. The predicted molar refractivity (Wildman–Crippen MR) is 134 cm³/mol. The number of amides is 1. The van der Waals surface area contributed by atoms with Gasteiger partial charge < -0.3 is 19.5 Å². The number of carboxylic acids is 1. The number of H-pyrrole nitrogens is 1. The van der Waals surface area contributed by atoms with E-state index in [1.807, 2.05) is 48.2 Å². The number of para-hydroxylation sites is 1. The summed E-state index contributed by atoms with van der Waals surface area (Å²) in [6.45, 7) is 3.04. The first-order valence-corrected chi connectivity index (χ1v) is 12.8. The number of aromatic nitrogens is 3. The minimum Gasteiger partial charge on any atom is -0.487 e. The summed E-state index contributed by atoms with van der Waals surface area (Å²) < 4.78 is 13.1. The zero-order valence-electron chi connectivity index (χ0n) is 20.7. The maximum absolute atomic E-state index is 13.8. The van der Waals surface area contributed by atoms with Gasteiger partial charge in [0, 0.05) is 42.4 Å². The van der Waals surface area contributed by atoms with Gasteiger partial charge >= 0.3 is 5.97 Å². The number of pyridine rings is 1. The molecule has 9 heteroatoms. The Morgan fingerprint density at radius 2 is 2.11 bits per heavy atom. The minimum absolute atomic E-state index is 0.00277. The van der Waals surface area contributed by atoms with Crippen LogP contribution < -0.4 is 4.74 Å². The van der Waals surface area contributed by atoms with E-state index in [9.17, 15) is 14.7 Å². The number of nitrogens with zero attached hydrogens (tertiary/aromatic N) is 3. The molecular weight excluding hydrogens is 472 g/mol. The van der Waals surface area contributed by atoms with Gasteiger partial charge in [0.25, 0.3) is 5.91 Å². The van der Waals surface area contributed by atoms with Gasteiger partial charge in [-0.15, -0.1) is 0 Å². The topological polar surface area (TPSA) is 118 Å². The molecule has 4 atom stereocenters. The summed E-state index contributed by atoms with van der Waals surface area (Å²) in [5.74, 6) is -0.316. The second-order valence-corrected chi connectivity index (χ2v) is 10.6. The number of aromatic amines is 1. The van der Waals surface area contributed by atoms with Gasteiger partial charge in [-0.3, -0.25) is 19.7 Å². The van der Waals surface area contributed by atoms with Gasteiger partial charge in [-0.2, -0.15) is 5.10 Å². The lowest BCUT2D eigenvalue weighted by molar-refractivity contribution is -0.169. The first-order valence-electron chi connectivity index (χ1n) is 12.8. The van der Waals surface area contributed by atoms with E-state index in [-0.39, 0.29) is 24.3 Å². The number of carbonyl (C=O) groups excluding carboxylic acids is 1. The van der Waals surface area contributed by atoms with E-state index in [2.05, 4.69) is 15.2 Å². The van der Waals surface area contributed by atoms with Crippen LogP contribution in [0, 0.1) is 5.92 Å². The van der Waals surface area contributed by atoms with E-state index in [1.54, 1.807) is 18.5 Å². The third kappa shape index (κ3) is 4.07. The molecule has 5 heterocycles. The smallest absolute Gasteiger partial charge is 0.303 e. The van der Waals surface area contributed by atoms with E-state index in [0.29, 0.717) is 37.4 Å². The van der Waals surface area contributed by atoms with Gasteiger partial charge in [-0.25, -0.2) is 0 Å². The highest BCUT2D eigenvalue weighted by atomic mass is 16.5. The highest BCUT2D eigenvalue weighted by Gasteiger charge is 2.57. The van der Waals surface area contributed by atoms with Crippen molar-refractivity contribution in [1.82, 2.24) is 20.1 Å². The number of nitrogens with one attached hydrogen (secondary N) is 1. The molecule has 0 unspecified atom stereocenters. The first kappa shape index (κ1) is 23.7. The molecule has 192 valence electrons. The highest BCUT2D eigenvalue weighted by molar-refractivity contribution is 5.94. The number of carbonyl (C=O) groups is 2. The van der Waals surface area contributed by atoms with Crippen LogP contribution in [0.4, 0.5) is 0 Å². The van der Waals surface area contributed by atoms with Crippen LogP contribution >= 0.6 is 0 Å². The number of hydrogen-bond donors (Lipinski definition) is 2. The number of likely N-dealkylation sites (tertiary alicyclic amines) is 1. The Hall–Kier alpha value is -3.72. The predicted octanol–water partition coefficient (Wildman–Crippen LogP) is 4.24. The van der Waals surface area contributed by atoms with Crippen LogP contribution in [0.3, 0.4) is 0 Å². The average molecular weight is 503 g/mol. The molecule has 0 aliphatic carbocycles. The van der Waals surface area contributed by atoms with Crippen LogP contribution in [-0.4, -0.2) is 61.4 Å². The summed E-state index contributed by atoms with van der Waals surface area (Å²) in [5, 5.41) is 16.7. The fourth-order valence-electron chi connectivity index (χ4n) is 6.36. The Bertz CT molecular complexity index is 1330. The minimum atomic E-state index is -0.854. The molecule has 0 bridgehead atoms. The van der Waals surface area contributed by atoms with Crippen molar-refractivity contribution in [2.75, 3.05) is 13.2 Å². The Balaban J connectivity index is 1.30. The molecule has 2 aromatic heterocycles. The van der Waals surface area contributed by atoms with Gasteiger partial charge in [0.1, 0.15) is 17.0 Å². The lowest BCUT2D eigenvalue weighted by Gasteiger charge is -2.54. The molecule has 0 radical (unpaired) electrons. The Morgan fingerprint density at radius 3 is 2.92 bits per heavy atom. The molecule has 3 aliphatic heterocycles. The second-order valence-electron chi connectivity index (χ2n) is 10.6. The number of aliphatic carboxylic acids is 1. The van der Waals surface area contributed by atoms with Crippen molar-refractivity contribution in [3.8, 4) is 17.0 Å². The molecule has 0 saturated carbocycles. The molecule has 9 nitrogen and oxygen atoms in total. The summed E-state index contributed by atoms with van der Waals surface area (Å²) >= 11 is 0. The van der Waals surface area contributed by atoms with Crippen LogP contribution in [0.1, 0.15) is 61.2 Å². The van der Waals surface area contributed by atoms with E-state index in [1.165, 1.54) is 0 Å². The second kappa shape index (κ2) is 8.99. The highest BCUT2D eigenvalue weighted by Crippen LogP contribution is 2.55. The largest absolute Gasteiger partial charge is 0.487 e. The number of hydrogen-bond acceptors (Lipinski definition) is 6. The van der Waals surface area contributed by atoms with Crippen molar-refractivity contribution in [2.45, 2.75) is 56.3 Å². The van der Waals surface area contributed by atoms with Crippen LogP contribution in [0.5, 0.6) is 5.75 Å². The van der Waals surface area contributed by atoms with Crippen molar-refractivity contribution >= 4 is 11.9 Å². The molecule has 3 aliphatic rings. The number of rotatable bonds is 5. The summed E-state index contributed by atoms with van der Waals surface area (Å²) in [7, 11) is 0. The average Bonchev–Trinajstić information content (AvgIpc) is 3.56. The molecule has 2 saturated heterocycles. The Labute approximate surface area is 214 Å². The molecule has 1 aromatic carbocycles. The van der Waals surface area contributed by atoms with Crippen molar-refractivity contribution < 1.29 is 24.2 Å². The Kier molecular flexibility index (Phi) is 5.75.